The Morgan fingerprint density at radius 3 is 1.93 bits per heavy atom. The second-order valence-electron chi connectivity index (χ2n) is 12.1. The highest BCUT2D eigenvalue weighted by molar-refractivity contribution is 5.74. The number of amides is 2. The van der Waals surface area contributed by atoms with Gasteiger partial charge >= 0.3 is 12.1 Å². The van der Waals surface area contributed by atoms with E-state index in [1.807, 2.05) is 39.8 Å². The van der Waals surface area contributed by atoms with Crippen LogP contribution in [-0.4, -0.2) is 81.0 Å². The molecule has 0 spiro atoms. The molecule has 11 nitrogen and oxygen atoms in total. The average Bonchev–Trinajstić information content (AvgIpc) is 2.86. The standard InChI is InChI=1S/C31H52N2O9/c1-23(26(14-15-27(32)34)33-29(36)42-31(5,6)7)40-21-25-12-10-24(11-13-25)9-8-16-37-17-18-38-19-20-39-22-28(35)41-30(2,3)4/h10-13,23,26H,8-9,14-22H2,1-7H3,(H2,32,34)(H,33,36)/t23-,26+/m1/s1. The molecule has 11 heteroatoms. The lowest BCUT2D eigenvalue weighted by Crippen LogP contribution is -2.45. The number of hydrogen-bond acceptors (Lipinski definition) is 9. The number of carbonyl (C=O) groups excluding carboxylic acids is 3. The van der Waals surface area contributed by atoms with Gasteiger partial charge < -0.3 is 39.5 Å². The Balaban J connectivity index is 2.24. The van der Waals surface area contributed by atoms with Crippen molar-refractivity contribution in [3.63, 3.8) is 0 Å². The van der Waals surface area contributed by atoms with Crippen molar-refractivity contribution in [1.82, 2.24) is 5.32 Å². The molecule has 0 fully saturated rings. The molecule has 240 valence electrons. The Morgan fingerprint density at radius 2 is 1.36 bits per heavy atom. The fourth-order valence-electron chi connectivity index (χ4n) is 3.67. The second-order valence-corrected chi connectivity index (χ2v) is 12.1. The third-order valence-electron chi connectivity index (χ3n) is 5.64. The largest absolute Gasteiger partial charge is 0.458 e. The maximum Gasteiger partial charge on any atom is 0.407 e. The van der Waals surface area contributed by atoms with Crippen LogP contribution in [0, 0.1) is 0 Å². The lowest BCUT2D eigenvalue weighted by molar-refractivity contribution is -0.160. The highest BCUT2D eigenvalue weighted by atomic mass is 16.6. The quantitative estimate of drug-likeness (QED) is 0.168. The summed E-state index contributed by atoms with van der Waals surface area (Å²) in [4.78, 5) is 35.1. The summed E-state index contributed by atoms with van der Waals surface area (Å²) in [5.74, 6) is -0.827. The summed E-state index contributed by atoms with van der Waals surface area (Å²) in [6.45, 7) is 15.2. The number of carbonyl (C=O) groups is 3. The van der Waals surface area contributed by atoms with E-state index >= 15 is 0 Å². The van der Waals surface area contributed by atoms with E-state index in [1.165, 1.54) is 5.56 Å². The van der Waals surface area contributed by atoms with Gasteiger partial charge in [-0.15, -0.1) is 0 Å². The first-order valence-corrected chi connectivity index (χ1v) is 14.6. The zero-order valence-corrected chi connectivity index (χ0v) is 26.5. The summed E-state index contributed by atoms with van der Waals surface area (Å²) in [6, 6.07) is 7.73. The van der Waals surface area contributed by atoms with Gasteiger partial charge in [0, 0.05) is 13.0 Å². The number of alkyl carbamates (subject to hydrolysis) is 1. The first kappa shape index (κ1) is 37.3. The van der Waals surface area contributed by atoms with Gasteiger partial charge in [0.05, 0.1) is 45.2 Å². The molecule has 1 aromatic carbocycles. The third-order valence-corrected chi connectivity index (χ3v) is 5.64. The Morgan fingerprint density at radius 1 is 0.810 bits per heavy atom. The van der Waals surface area contributed by atoms with E-state index < -0.39 is 29.2 Å². The third kappa shape index (κ3) is 20.2. The SMILES string of the molecule is C[C@@H](OCc1ccc(CCCOCCOCCOCC(=O)OC(C)(C)C)cc1)[C@H](CCC(N)=O)NC(=O)OC(C)(C)C. The van der Waals surface area contributed by atoms with E-state index in [2.05, 4.69) is 17.4 Å². The van der Waals surface area contributed by atoms with Crippen molar-refractivity contribution in [1.29, 1.82) is 0 Å². The van der Waals surface area contributed by atoms with Gasteiger partial charge in [-0.25, -0.2) is 9.59 Å². The molecule has 0 saturated carbocycles. The molecular formula is C31H52N2O9. The number of hydrogen-bond donors (Lipinski definition) is 2. The molecule has 42 heavy (non-hydrogen) atoms. The monoisotopic (exact) mass is 596 g/mol. The van der Waals surface area contributed by atoms with Crippen LogP contribution in [0.15, 0.2) is 24.3 Å². The van der Waals surface area contributed by atoms with Crippen molar-refractivity contribution in [2.45, 2.75) is 104 Å². The molecule has 0 unspecified atom stereocenters. The van der Waals surface area contributed by atoms with Crippen molar-refractivity contribution in [2.75, 3.05) is 39.6 Å². The molecule has 1 rings (SSSR count). The molecular weight excluding hydrogens is 544 g/mol. The summed E-state index contributed by atoms with van der Waals surface area (Å²) >= 11 is 0. The van der Waals surface area contributed by atoms with Gasteiger partial charge in [-0.2, -0.15) is 0 Å². The van der Waals surface area contributed by atoms with Crippen molar-refractivity contribution >= 4 is 18.0 Å². The molecule has 0 bridgehead atoms. The van der Waals surface area contributed by atoms with Crippen LogP contribution in [0.1, 0.15) is 78.9 Å². The molecule has 2 amide bonds. The summed E-state index contributed by atoms with van der Waals surface area (Å²) in [6.07, 6.45) is 1.33. The van der Waals surface area contributed by atoms with E-state index in [0.717, 1.165) is 18.4 Å². The van der Waals surface area contributed by atoms with Gasteiger partial charge in [0.1, 0.15) is 17.8 Å². The van der Waals surface area contributed by atoms with Crippen LogP contribution in [0.4, 0.5) is 4.79 Å². The maximum absolute atomic E-state index is 12.3. The Hall–Kier alpha value is -2.73. The van der Waals surface area contributed by atoms with Crippen molar-refractivity contribution in [3.05, 3.63) is 35.4 Å². The maximum atomic E-state index is 12.3. The normalized spacial score (nSPS) is 13.3. The van der Waals surface area contributed by atoms with Crippen molar-refractivity contribution in [3.8, 4) is 0 Å². The Kier molecular flexibility index (Phi) is 17.3. The predicted octanol–water partition coefficient (Wildman–Crippen LogP) is 4.07. The number of aryl methyl sites for hydroxylation is 1. The highest BCUT2D eigenvalue weighted by Gasteiger charge is 2.24. The highest BCUT2D eigenvalue weighted by Crippen LogP contribution is 2.14. The van der Waals surface area contributed by atoms with Crippen LogP contribution in [0.2, 0.25) is 0 Å². The molecule has 0 aliphatic heterocycles. The van der Waals surface area contributed by atoms with Crippen LogP contribution in [0.5, 0.6) is 0 Å². The summed E-state index contributed by atoms with van der Waals surface area (Å²) in [7, 11) is 0. The number of rotatable bonds is 20. The number of primary amides is 1. The van der Waals surface area contributed by atoms with Gasteiger partial charge in [-0.1, -0.05) is 24.3 Å². The molecule has 0 aromatic heterocycles. The predicted molar refractivity (Wildman–Crippen MR) is 159 cm³/mol. The van der Waals surface area contributed by atoms with E-state index in [1.54, 1.807) is 20.8 Å². The van der Waals surface area contributed by atoms with Crippen LogP contribution in [0.3, 0.4) is 0 Å². The zero-order chi connectivity index (χ0) is 31.6. The molecule has 2 atom stereocenters. The van der Waals surface area contributed by atoms with Crippen LogP contribution >= 0.6 is 0 Å². The van der Waals surface area contributed by atoms with Crippen LogP contribution < -0.4 is 11.1 Å². The zero-order valence-electron chi connectivity index (χ0n) is 26.5. The van der Waals surface area contributed by atoms with E-state index in [9.17, 15) is 14.4 Å². The van der Waals surface area contributed by atoms with Gasteiger partial charge in [-0.3, -0.25) is 4.79 Å². The fraction of sp³-hybridized carbons (Fsp3) is 0.710. The fourth-order valence-corrected chi connectivity index (χ4v) is 3.67. The number of ether oxygens (including phenoxy) is 6. The average molecular weight is 597 g/mol. The molecule has 0 heterocycles. The number of nitrogens with one attached hydrogen (secondary N) is 1. The van der Waals surface area contributed by atoms with E-state index in [0.29, 0.717) is 46.1 Å². The summed E-state index contributed by atoms with van der Waals surface area (Å²) in [5.41, 5.74) is 6.35. The van der Waals surface area contributed by atoms with Gasteiger partial charge in [0.25, 0.3) is 0 Å². The molecule has 3 N–H and O–H groups in total. The van der Waals surface area contributed by atoms with Gasteiger partial charge in [0.15, 0.2) is 0 Å². The van der Waals surface area contributed by atoms with Crippen LogP contribution in [0.25, 0.3) is 0 Å². The number of nitrogens with two attached hydrogens (primary N) is 1. The lowest BCUT2D eigenvalue weighted by atomic mass is 10.1. The molecule has 0 aliphatic rings. The lowest BCUT2D eigenvalue weighted by Gasteiger charge is -2.27. The molecule has 0 aliphatic carbocycles. The molecule has 1 aromatic rings. The van der Waals surface area contributed by atoms with Crippen molar-refractivity contribution < 1.29 is 42.8 Å². The minimum atomic E-state index is -0.632. The van der Waals surface area contributed by atoms with Gasteiger partial charge in [0.2, 0.25) is 5.91 Å². The van der Waals surface area contributed by atoms with Gasteiger partial charge in [-0.05, 0) is 78.9 Å². The smallest absolute Gasteiger partial charge is 0.407 e. The summed E-state index contributed by atoms with van der Waals surface area (Å²) < 4.78 is 32.8. The molecule has 0 saturated heterocycles. The Labute approximate surface area is 251 Å². The van der Waals surface area contributed by atoms with E-state index in [-0.39, 0.29) is 25.1 Å². The minimum Gasteiger partial charge on any atom is -0.458 e. The first-order valence-electron chi connectivity index (χ1n) is 14.6. The van der Waals surface area contributed by atoms with E-state index in [4.69, 9.17) is 34.2 Å². The minimum absolute atomic E-state index is 0.0868. The topological polar surface area (TPSA) is 145 Å². The number of esters is 1. The Bertz CT molecular complexity index is 924. The molecule has 0 radical (unpaired) electrons. The second kappa shape index (κ2) is 19.5. The van der Waals surface area contributed by atoms with Crippen LogP contribution in [-0.2, 0) is 51.0 Å². The first-order chi connectivity index (χ1) is 19.6. The number of benzene rings is 1. The van der Waals surface area contributed by atoms with Crippen molar-refractivity contribution in [2.24, 2.45) is 5.73 Å². The summed E-state index contributed by atoms with van der Waals surface area (Å²) in [5, 5.41) is 2.80.